The van der Waals surface area contributed by atoms with Gasteiger partial charge >= 0.3 is 0 Å². The van der Waals surface area contributed by atoms with Crippen LogP contribution >= 0.6 is 0 Å². The number of carbonyl (C=O) groups excluding carboxylic acids is 1. The molecule has 0 aliphatic carbocycles. The molecule has 0 saturated carbocycles. The fraction of sp³-hybridized carbons (Fsp3) is 0.681. The number of carbonyl (C=O) groups is 1. The van der Waals surface area contributed by atoms with E-state index in [4.69, 9.17) is 0 Å². The van der Waals surface area contributed by atoms with Crippen molar-refractivity contribution in [3.63, 3.8) is 0 Å². The molecular weight excluding hydrogens is 691 g/mol. The Morgan fingerprint density at radius 1 is 0.519 bits per heavy atom. The molecule has 0 aliphatic rings. The van der Waals surface area contributed by atoms with E-state index in [1.165, 1.54) is 77.0 Å². The van der Waals surface area contributed by atoms with Gasteiger partial charge in [0.1, 0.15) is 0 Å². The molecule has 1 amide bonds. The zero-order valence-electron chi connectivity index (χ0n) is 34.6. The van der Waals surface area contributed by atoms with E-state index in [-0.39, 0.29) is 12.3 Å². The van der Waals surface area contributed by atoms with E-state index in [9.17, 15) is 22.9 Å². The smallest absolute Gasteiger partial charge is 0.267 e. The van der Waals surface area contributed by atoms with E-state index in [0.29, 0.717) is 6.42 Å². The number of aliphatic hydroxyl groups is 1. The van der Waals surface area contributed by atoms with E-state index < -0.39 is 28.0 Å². The molecule has 2 unspecified atom stereocenters. The summed E-state index contributed by atoms with van der Waals surface area (Å²) in [6, 6.07) is -1.08. The first-order valence-corrected chi connectivity index (χ1v) is 23.4. The van der Waals surface area contributed by atoms with Crippen LogP contribution in [0.2, 0.25) is 0 Å². The minimum Gasteiger partial charge on any atom is -0.387 e. The Balaban J connectivity index is 3.99. The van der Waals surface area contributed by atoms with Crippen LogP contribution < -0.4 is 5.32 Å². The second-order valence-electron chi connectivity index (χ2n) is 14.6. The second kappa shape index (κ2) is 40.2. The number of hydrogen-bond donors (Lipinski definition) is 3. The van der Waals surface area contributed by atoms with Crippen LogP contribution in [0.1, 0.15) is 187 Å². The fourth-order valence-electron chi connectivity index (χ4n) is 6.10. The number of unbranched alkanes of at least 4 members (excludes halogenated alkanes) is 18. The largest absolute Gasteiger partial charge is 0.387 e. The highest BCUT2D eigenvalue weighted by atomic mass is 32.2. The van der Waals surface area contributed by atoms with Crippen LogP contribution in [0, 0.1) is 0 Å². The standard InChI is InChI=1S/C47H81NO5S/c1-3-5-7-9-11-13-15-17-19-21-22-23-24-25-26-27-29-31-33-35-37-39-41-43-47(50)48-45(44-54(51,52)53)46(49)42-40-38-36-34-32-30-28-20-18-16-14-12-10-8-6-4-2/h5,7,11,13,17,19,22-23,25-26,29,31,40,42,45-46,49H,3-4,6,8-10,12,14-16,18,20-21,24,27-28,30,32-39,41,43-44H2,1-2H3,(H,48,50)(H,51,52,53)/b7-5-,13-11-,19-17-,23-22-,26-25-,31-29-,42-40+. The second-order valence-corrected chi connectivity index (χ2v) is 16.1. The van der Waals surface area contributed by atoms with Gasteiger partial charge < -0.3 is 10.4 Å². The average molecular weight is 772 g/mol. The third-order valence-electron chi connectivity index (χ3n) is 9.33. The van der Waals surface area contributed by atoms with Crippen molar-refractivity contribution in [1.82, 2.24) is 5.32 Å². The number of aliphatic hydroxyl groups excluding tert-OH is 1. The lowest BCUT2D eigenvalue weighted by Crippen LogP contribution is -2.46. The maximum Gasteiger partial charge on any atom is 0.267 e. The Bertz CT molecular complexity index is 1160. The molecule has 0 heterocycles. The predicted octanol–water partition coefficient (Wildman–Crippen LogP) is 13.2. The van der Waals surface area contributed by atoms with E-state index in [1.807, 2.05) is 6.08 Å². The molecule has 3 N–H and O–H groups in total. The third kappa shape index (κ3) is 40.7. The molecule has 6 nitrogen and oxygen atoms in total. The highest BCUT2D eigenvalue weighted by molar-refractivity contribution is 7.85. The molecule has 0 aromatic heterocycles. The van der Waals surface area contributed by atoms with Gasteiger partial charge in [0, 0.05) is 6.42 Å². The molecule has 0 aliphatic heterocycles. The Hall–Kier alpha value is -2.48. The summed E-state index contributed by atoms with van der Waals surface area (Å²) in [6.07, 6.45) is 58.5. The van der Waals surface area contributed by atoms with Crippen LogP contribution in [-0.4, -0.2) is 41.9 Å². The first kappa shape index (κ1) is 51.5. The number of hydrogen-bond acceptors (Lipinski definition) is 4. The van der Waals surface area contributed by atoms with Crippen molar-refractivity contribution in [2.45, 2.75) is 199 Å². The van der Waals surface area contributed by atoms with Crippen LogP contribution in [0.25, 0.3) is 0 Å². The Morgan fingerprint density at radius 2 is 0.889 bits per heavy atom. The molecular formula is C47H81NO5S. The van der Waals surface area contributed by atoms with Gasteiger partial charge in [-0.25, -0.2) is 0 Å². The quantitative estimate of drug-likeness (QED) is 0.0329. The monoisotopic (exact) mass is 772 g/mol. The topological polar surface area (TPSA) is 104 Å². The zero-order chi connectivity index (χ0) is 39.6. The van der Waals surface area contributed by atoms with Gasteiger partial charge in [0.25, 0.3) is 10.1 Å². The van der Waals surface area contributed by atoms with Gasteiger partial charge in [-0.2, -0.15) is 8.42 Å². The number of nitrogens with one attached hydrogen (secondary N) is 1. The maximum absolute atomic E-state index is 12.5. The van der Waals surface area contributed by atoms with Gasteiger partial charge in [0.05, 0.1) is 17.9 Å². The maximum atomic E-state index is 12.5. The summed E-state index contributed by atoms with van der Waals surface area (Å²) in [5, 5.41) is 13.2. The summed E-state index contributed by atoms with van der Waals surface area (Å²) < 4.78 is 32.5. The molecule has 7 heteroatoms. The zero-order valence-corrected chi connectivity index (χ0v) is 35.4. The Morgan fingerprint density at radius 3 is 1.31 bits per heavy atom. The van der Waals surface area contributed by atoms with Crippen LogP contribution in [0.4, 0.5) is 0 Å². The molecule has 54 heavy (non-hydrogen) atoms. The average Bonchev–Trinajstić information content (AvgIpc) is 3.14. The molecule has 310 valence electrons. The van der Waals surface area contributed by atoms with Crippen LogP contribution in [0.15, 0.2) is 85.1 Å². The lowest BCUT2D eigenvalue weighted by Gasteiger charge is -2.21. The highest BCUT2D eigenvalue weighted by Crippen LogP contribution is 2.14. The molecule has 0 fully saturated rings. The van der Waals surface area contributed by atoms with Gasteiger partial charge in [0.15, 0.2) is 0 Å². The van der Waals surface area contributed by atoms with Crippen molar-refractivity contribution in [2.75, 3.05) is 5.75 Å². The van der Waals surface area contributed by atoms with Crippen molar-refractivity contribution in [3.05, 3.63) is 85.1 Å². The minimum absolute atomic E-state index is 0.261. The predicted molar refractivity (Wildman–Crippen MR) is 234 cm³/mol. The van der Waals surface area contributed by atoms with Crippen LogP contribution in [0.3, 0.4) is 0 Å². The Labute approximate surface area is 333 Å². The minimum atomic E-state index is -4.36. The van der Waals surface area contributed by atoms with Crippen molar-refractivity contribution in [3.8, 4) is 0 Å². The van der Waals surface area contributed by atoms with Crippen molar-refractivity contribution >= 4 is 16.0 Å². The third-order valence-corrected chi connectivity index (χ3v) is 10.1. The molecule has 2 atom stereocenters. The van der Waals surface area contributed by atoms with Crippen molar-refractivity contribution in [1.29, 1.82) is 0 Å². The van der Waals surface area contributed by atoms with Crippen LogP contribution in [0.5, 0.6) is 0 Å². The van der Waals surface area contributed by atoms with Crippen LogP contribution in [-0.2, 0) is 14.9 Å². The van der Waals surface area contributed by atoms with Gasteiger partial charge in [-0.3, -0.25) is 9.35 Å². The SMILES string of the molecule is CC/C=C\C/C=C\C/C=C\C/C=C\C/C=C\C/C=C\CCCCCCC(=O)NC(CS(=O)(=O)O)C(O)/C=C/CCCCCCCCCCCCCCCC. The van der Waals surface area contributed by atoms with Gasteiger partial charge in [0.2, 0.25) is 5.91 Å². The number of rotatable bonds is 38. The highest BCUT2D eigenvalue weighted by Gasteiger charge is 2.24. The molecule has 0 rings (SSSR count). The lowest BCUT2D eigenvalue weighted by atomic mass is 10.0. The van der Waals surface area contributed by atoms with E-state index in [2.05, 4.69) is 92.1 Å². The Kier molecular flexibility index (Phi) is 38.3. The normalized spacial score (nSPS) is 14.1. The number of allylic oxidation sites excluding steroid dienone is 13. The summed E-state index contributed by atoms with van der Waals surface area (Å²) in [4.78, 5) is 12.5. The molecule has 0 spiro atoms. The molecule has 0 saturated heterocycles. The summed E-state index contributed by atoms with van der Waals surface area (Å²) in [6.45, 7) is 4.41. The first-order chi connectivity index (χ1) is 26.3. The summed E-state index contributed by atoms with van der Waals surface area (Å²) in [5.41, 5.74) is 0. The van der Waals surface area contributed by atoms with E-state index >= 15 is 0 Å². The van der Waals surface area contributed by atoms with E-state index in [0.717, 1.165) is 83.5 Å². The van der Waals surface area contributed by atoms with Crippen molar-refractivity contribution in [2.24, 2.45) is 0 Å². The molecule has 0 aromatic carbocycles. The lowest BCUT2D eigenvalue weighted by molar-refractivity contribution is -0.122. The first-order valence-electron chi connectivity index (χ1n) is 21.8. The van der Waals surface area contributed by atoms with Gasteiger partial charge in [-0.05, 0) is 70.6 Å². The number of amides is 1. The van der Waals surface area contributed by atoms with Gasteiger partial charge in [-0.15, -0.1) is 0 Å². The summed E-state index contributed by atoms with van der Waals surface area (Å²) >= 11 is 0. The molecule has 0 radical (unpaired) electrons. The van der Waals surface area contributed by atoms with E-state index in [1.54, 1.807) is 6.08 Å². The summed E-state index contributed by atoms with van der Waals surface area (Å²) in [5.74, 6) is -1.02. The fourth-order valence-corrected chi connectivity index (χ4v) is 6.83. The molecule has 0 aromatic rings. The summed E-state index contributed by atoms with van der Waals surface area (Å²) in [7, 11) is -4.36. The molecule has 0 bridgehead atoms. The van der Waals surface area contributed by atoms with Gasteiger partial charge in [-0.1, -0.05) is 195 Å². The van der Waals surface area contributed by atoms with Crippen molar-refractivity contribution < 1.29 is 22.9 Å².